The number of primary sulfonamides is 1. The molecule has 1 aliphatic carbocycles. The molecule has 0 heterocycles. The first kappa shape index (κ1) is 20.4. The summed E-state index contributed by atoms with van der Waals surface area (Å²) in [6, 6.07) is 4.22. The van der Waals surface area contributed by atoms with Gasteiger partial charge in [0.1, 0.15) is 0 Å². The third-order valence-electron chi connectivity index (χ3n) is 5.07. The molecule has 0 saturated heterocycles. The number of carbonyl (C=O) groups is 1. The summed E-state index contributed by atoms with van der Waals surface area (Å²) in [6.45, 7) is 0.533. The Hall–Kier alpha value is -0.960. The molecular formula is C17H26BrN3O3S. The third kappa shape index (κ3) is 5.03. The average molecular weight is 432 g/mol. The van der Waals surface area contributed by atoms with Crippen molar-refractivity contribution in [3.05, 3.63) is 28.2 Å². The number of halogens is 1. The molecule has 0 radical (unpaired) electrons. The fourth-order valence-electron chi connectivity index (χ4n) is 3.36. The van der Waals surface area contributed by atoms with Crippen molar-refractivity contribution in [2.45, 2.75) is 49.0 Å². The van der Waals surface area contributed by atoms with Crippen LogP contribution in [0.1, 0.15) is 48.9 Å². The van der Waals surface area contributed by atoms with Gasteiger partial charge in [0.2, 0.25) is 10.0 Å². The molecule has 0 aromatic heterocycles. The summed E-state index contributed by atoms with van der Waals surface area (Å²) in [7, 11) is 0.251. The molecule has 3 N–H and O–H groups in total. The lowest BCUT2D eigenvalue weighted by Crippen LogP contribution is -2.52. The summed E-state index contributed by atoms with van der Waals surface area (Å²) in [5.41, 5.74) is 0.213. The quantitative estimate of drug-likeness (QED) is 0.700. The molecule has 0 spiro atoms. The van der Waals surface area contributed by atoms with E-state index in [4.69, 9.17) is 5.14 Å². The number of likely N-dealkylation sites (N-methyl/N-ethyl adjacent to an activating group) is 1. The van der Waals surface area contributed by atoms with Crippen molar-refractivity contribution in [3.8, 4) is 0 Å². The number of benzene rings is 1. The molecule has 2 rings (SSSR count). The summed E-state index contributed by atoms with van der Waals surface area (Å²) in [6.07, 6.45) is 6.84. The molecule has 1 saturated carbocycles. The zero-order chi connectivity index (χ0) is 18.7. The van der Waals surface area contributed by atoms with Crippen molar-refractivity contribution in [1.29, 1.82) is 0 Å². The van der Waals surface area contributed by atoms with Gasteiger partial charge in [-0.05, 0) is 61.1 Å². The molecular weight excluding hydrogens is 406 g/mol. The number of rotatable bonds is 5. The largest absolute Gasteiger partial charge is 0.350 e. The number of carbonyl (C=O) groups excluding carboxylic acids is 1. The normalized spacial score (nSPS) is 18.0. The maximum Gasteiger partial charge on any atom is 0.252 e. The maximum atomic E-state index is 12.6. The lowest BCUT2D eigenvalue weighted by atomic mass is 9.88. The van der Waals surface area contributed by atoms with Crippen LogP contribution in [0.4, 0.5) is 0 Å². The summed E-state index contributed by atoms with van der Waals surface area (Å²) >= 11 is 3.31. The number of hydrogen-bond acceptors (Lipinski definition) is 4. The van der Waals surface area contributed by atoms with Gasteiger partial charge in [0.15, 0.2) is 0 Å². The second-order valence-corrected chi connectivity index (χ2v) is 9.32. The van der Waals surface area contributed by atoms with Gasteiger partial charge in [-0.25, -0.2) is 13.6 Å². The minimum atomic E-state index is -3.85. The highest BCUT2D eigenvalue weighted by Gasteiger charge is 2.33. The van der Waals surface area contributed by atoms with Crippen molar-refractivity contribution in [2.75, 3.05) is 20.6 Å². The van der Waals surface area contributed by atoms with Gasteiger partial charge in [0.25, 0.3) is 5.91 Å². The van der Waals surface area contributed by atoms with E-state index in [1.165, 1.54) is 31.0 Å². The molecule has 1 fully saturated rings. The minimum absolute atomic E-state index is 0.0593. The summed E-state index contributed by atoms with van der Waals surface area (Å²) in [4.78, 5) is 14.8. The van der Waals surface area contributed by atoms with Crippen LogP contribution in [-0.2, 0) is 10.0 Å². The molecule has 0 aliphatic heterocycles. The van der Waals surface area contributed by atoms with Crippen molar-refractivity contribution in [2.24, 2.45) is 5.14 Å². The highest BCUT2D eigenvalue weighted by atomic mass is 79.9. The average Bonchev–Trinajstić information content (AvgIpc) is 2.78. The zero-order valence-electron chi connectivity index (χ0n) is 14.7. The Labute approximate surface area is 158 Å². The lowest BCUT2D eigenvalue weighted by molar-refractivity contribution is 0.0868. The lowest BCUT2D eigenvalue weighted by Gasteiger charge is -2.39. The number of nitrogens with one attached hydrogen (secondary N) is 1. The monoisotopic (exact) mass is 431 g/mol. The highest BCUT2D eigenvalue weighted by Crippen LogP contribution is 2.31. The highest BCUT2D eigenvalue weighted by molar-refractivity contribution is 9.10. The smallest absolute Gasteiger partial charge is 0.252 e. The van der Waals surface area contributed by atoms with Crippen molar-refractivity contribution < 1.29 is 13.2 Å². The van der Waals surface area contributed by atoms with Crippen LogP contribution in [0.3, 0.4) is 0 Å². The van der Waals surface area contributed by atoms with Gasteiger partial charge in [-0.15, -0.1) is 0 Å². The van der Waals surface area contributed by atoms with E-state index in [2.05, 4.69) is 40.2 Å². The number of hydrogen-bond donors (Lipinski definition) is 2. The van der Waals surface area contributed by atoms with Crippen molar-refractivity contribution in [3.63, 3.8) is 0 Å². The Morgan fingerprint density at radius 2 is 1.84 bits per heavy atom. The van der Waals surface area contributed by atoms with Crippen LogP contribution in [0.25, 0.3) is 0 Å². The van der Waals surface area contributed by atoms with E-state index in [-0.39, 0.29) is 21.9 Å². The first-order valence-electron chi connectivity index (χ1n) is 8.44. The van der Waals surface area contributed by atoms with E-state index in [1.807, 2.05) is 0 Å². The van der Waals surface area contributed by atoms with E-state index in [0.29, 0.717) is 11.0 Å². The van der Waals surface area contributed by atoms with E-state index >= 15 is 0 Å². The molecule has 1 aromatic rings. The maximum absolute atomic E-state index is 12.6. The summed E-state index contributed by atoms with van der Waals surface area (Å²) < 4.78 is 23.6. The van der Waals surface area contributed by atoms with Gasteiger partial charge >= 0.3 is 0 Å². The Kier molecular flexibility index (Phi) is 6.64. The fourth-order valence-corrected chi connectivity index (χ4v) is 4.33. The molecule has 0 atom stereocenters. The predicted molar refractivity (Wildman–Crippen MR) is 102 cm³/mol. The van der Waals surface area contributed by atoms with Gasteiger partial charge in [-0.2, -0.15) is 0 Å². The Balaban J connectivity index is 2.18. The fraction of sp³-hybridized carbons (Fsp3) is 0.588. The van der Waals surface area contributed by atoms with Gasteiger partial charge in [0.05, 0.1) is 10.5 Å². The third-order valence-corrected chi connectivity index (χ3v) is 6.67. The van der Waals surface area contributed by atoms with Crippen LogP contribution in [0.5, 0.6) is 0 Å². The Bertz CT molecular complexity index is 727. The summed E-state index contributed by atoms with van der Waals surface area (Å²) in [5, 5.41) is 8.16. The SMILES string of the molecule is CN(C)C1(CNC(=O)c2cc(S(N)(=O)=O)ccc2Br)CCCCCC1. The minimum Gasteiger partial charge on any atom is -0.350 e. The number of nitrogens with zero attached hydrogens (tertiary/aromatic N) is 1. The molecule has 0 bridgehead atoms. The summed E-state index contributed by atoms with van der Waals surface area (Å²) in [5.74, 6) is -0.303. The molecule has 1 aromatic carbocycles. The molecule has 1 aliphatic rings. The van der Waals surface area contributed by atoms with Crippen LogP contribution in [0.2, 0.25) is 0 Å². The van der Waals surface area contributed by atoms with Crippen LogP contribution >= 0.6 is 15.9 Å². The number of sulfonamides is 1. The van der Waals surface area contributed by atoms with Crippen LogP contribution in [0.15, 0.2) is 27.6 Å². The predicted octanol–water partition coefficient (Wildman–Crippen LogP) is 2.48. The van der Waals surface area contributed by atoms with Crippen LogP contribution in [0, 0.1) is 0 Å². The van der Waals surface area contributed by atoms with E-state index in [1.54, 1.807) is 0 Å². The topological polar surface area (TPSA) is 92.5 Å². The number of amides is 1. The molecule has 140 valence electrons. The van der Waals surface area contributed by atoms with E-state index < -0.39 is 10.0 Å². The van der Waals surface area contributed by atoms with Gasteiger partial charge in [-0.1, -0.05) is 25.7 Å². The van der Waals surface area contributed by atoms with Gasteiger partial charge in [0, 0.05) is 16.6 Å². The Morgan fingerprint density at radius 3 is 2.36 bits per heavy atom. The van der Waals surface area contributed by atoms with Crippen LogP contribution in [-0.4, -0.2) is 45.4 Å². The zero-order valence-corrected chi connectivity index (χ0v) is 17.1. The number of nitrogens with two attached hydrogens (primary N) is 1. The molecule has 1 amide bonds. The first-order valence-corrected chi connectivity index (χ1v) is 10.8. The van der Waals surface area contributed by atoms with Crippen molar-refractivity contribution in [1.82, 2.24) is 10.2 Å². The molecule has 8 heteroatoms. The van der Waals surface area contributed by atoms with E-state index in [9.17, 15) is 13.2 Å². The molecule has 25 heavy (non-hydrogen) atoms. The van der Waals surface area contributed by atoms with Crippen molar-refractivity contribution >= 4 is 31.9 Å². The standard InChI is InChI=1S/C17H26BrN3O3S/c1-21(2)17(9-5-3-4-6-10-17)12-20-16(22)14-11-13(25(19,23)24)7-8-15(14)18/h7-8,11H,3-6,9-10,12H2,1-2H3,(H,20,22)(H2,19,23,24). The van der Waals surface area contributed by atoms with Gasteiger partial charge in [-0.3, -0.25) is 4.79 Å². The second kappa shape index (κ2) is 8.16. The van der Waals surface area contributed by atoms with E-state index in [0.717, 1.165) is 25.7 Å². The first-order chi connectivity index (χ1) is 11.7. The molecule has 0 unspecified atom stereocenters. The molecule has 6 nitrogen and oxygen atoms in total. The van der Waals surface area contributed by atoms with Crippen LogP contribution < -0.4 is 10.5 Å². The second-order valence-electron chi connectivity index (χ2n) is 6.90. The van der Waals surface area contributed by atoms with Gasteiger partial charge < -0.3 is 10.2 Å². The Morgan fingerprint density at radius 1 is 1.24 bits per heavy atom.